The maximum Gasteiger partial charge on any atom is 0.269 e. The Morgan fingerprint density at radius 3 is 0.703 bits per heavy atom. The lowest BCUT2D eigenvalue weighted by atomic mass is 10.0. The van der Waals surface area contributed by atoms with Crippen LogP contribution in [0.1, 0.15) is 0 Å². The molecule has 6 aromatic rings. The summed E-state index contributed by atoms with van der Waals surface area (Å²) in [6, 6.07) is 36.8. The second-order valence-electron chi connectivity index (χ2n) is 15.2. The van der Waals surface area contributed by atoms with Gasteiger partial charge in [-0.1, -0.05) is 90.9 Å². The number of hydrogen-bond donors (Lipinski definition) is 8. The summed E-state index contributed by atoms with van der Waals surface area (Å²) in [7, 11) is -4.98. The van der Waals surface area contributed by atoms with Gasteiger partial charge >= 0.3 is 0 Å². The Morgan fingerprint density at radius 2 is 0.527 bits per heavy atom. The van der Waals surface area contributed by atoms with Crippen molar-refractivity contribution >= 4 is 87.8 Å². The summed E-state index contributed by atoms with van der Waals surface area (Å²) in [4.78, 5) is -0.0705. The average molecular weight is 1130 g/mol. The molecule has 6 aromatic carbocycles. The zero-order valence-electron chi connectivity index (χ0n) is 42.1. The van der Waals surface area contributed by atoms with E-state index in [1.54, 1.807) is 60.7 Å². The number of hydrogen-bond acceptors (Lipinski definition) is 18. The molecule has 0 spiro atoms. The third-order valence-electron chi connectivity index (χ3n) is 11.3. The van der Waals surface area contributed by atoms with E-state index in [0.717, 1.165) is 18.1 Å². The molecule has 0 bridgehead atoms. The zero-order valence-corrected chi connectivity index (χ0v) is 47.2. The number of methoxy groups -OCH3 is 2. The van der Waals surface area contributed by atoms with Crippen LogP contribution >= 0.6 is 15.8 Å². The number of ether oxygens (including phenoxy) is 2. The average Bonchev–Trinajstić information content (AvgIpc) is 3.40. The highest BCUT2D eigenvalue weighted by atomic mass is 32.2. The number of nitrogens with one attached hydrogen (secondary N) is 8. The van der Waals surface area contributed by atoms with E-state index in [0.29, 0.717) is 54.5 Å². The molecular formula is C46H60N12O10P2S4. The quantitative estimate of drug-likeness (QED) is 0.0276. The Bertz CT molecular complexity index is 2940. The van der Waals surface area contributed by atoms with Gasteiger partial charge in [0.25, 0.3) is 40.1 Å². The molecule has 6 rings (SSSR count). The zero-order chi connectivity index (χ0) is 54.2. The van der Waals surface area contributed by atoms with Crippen LogP contribution in [0.2, 0.25) is 0 Å². The van der Waals surface area contributed by atoms with Gasteiger partial charge in [0, 0.05) is 67.5 Å². The smallest absolute Gasteiger partial charge is 0.269 e. The van der Waals surface area contributed by atoms with Crippen molar-refractivity contribution < 1.29 is 43.1 Å². The third kappa shape index (κ3) is 11.6. The van der Waals surface area contributed by atoms with E-state index >= 15 is 0 Å². The molecule has 0 aliphatic heterocycles. The summed E-state index contributed by atoms with van der Waals surface area (Å²) < 4.78 is 125. The molecule has 22 nitrogen and oxygen atoms in total. The van der Waals surface area contributed by atoms with Gasteiger partial charge in [0.15, 0.2) is 0 Å². The van der Waals surface area contributed by atoms with Gasteiger partial charge in [-0.3, -0.25) is 0 Å². The molecule has 0 fully saturated rings. The molecule has 0 aromatic heterocycles. The maximum atomic E-state index is 13.7. The van der Waals surface area contributed by atoms with E-state index < -0.39 is 55.9 Å². The molecule has 0 amide bonds. The first kappa shape index (κ1) is 58.4. The van der Waals surface area contributed by atoms with E-state index in [2.05, 4.69) is 43.4 Å². The first-order valence-electron chi connectivity index (χ1n) is 22.3. The van der Waals surface area contributed by atoms with Crippen LogP contribution in [-0.2, 0) is 40.1 Å². The standard InChI is InChI=1S/C46H60N12O10P2S4/c1-47-55(48-2)71(59,60)37-25-17-33(18-26-37)69(34-19-27-38(28-20-34)72(61,62)56(49-3)50-4)43-15-11-13-41(67-9)45(43)46-42(68-10)14-12-16-44(46)70(35-21-29-39(30-22-35)73(63,64)57(51-5)52-6)36-23-31-40(32-24-36)74(65,66)58(53-7)54-8/h11-32,47-54H,1-10H3. The van der Waals surface area contributed by atoms with Gasteiger partial charge in [-0.2, -0.15) is 0 Å². The predicted octanol–water partition coefficient (Wildman–Crippen LogP) is -0.0748. The van der Waals surface area contributed by atoms with Crippen LogP contribution in [0, 0.1) is 0 Å². The Hall–Kier alpha value is -4.90. The van der Waals surface area contributed by atoms with Gasteiger partial charge in [0.2, 0.25) is 0 Å². The molecule has 0 aliphatic carbocycles. The van der Waals surface area contributed by atoms with Crippen molar-refractivity contribution in [2.45, 2.75) is 19.6 Å². The summed E-state index contributed by atoms with van der Waals surface area (Å²) in [6.45, 7) is 0. The molecule has 398 valence electrons. The minimum atomic E-state index is -4.07. The van der Waals surface area contributed by atoms with Gasteiger partial charge in [0.05, 0.1) is 33.8 Å². The number of sulfonamides is 4. The molecule has 0 atom stereocenters. The van der Waals surface area contributed by atoms with Crippen molar-refractivity contribution in [1.29, 1.82) is 0 Å². The van der Waals surface area contributed by atoms with Crippen LogP contribution in [0.25, 0.3) is 11.1 Å². The number of benzene rings is 6. The highest BCUT2D eigenvalue weighted by molar-refractivity contribution is 7.90. The van der Waals surface area contributed by atoms with E-state index in [-0.39, 0.29) is 19.6 Å². The Balaban J connectivity index is 1.69. The summed E-state index contributed by atoms with van der Waals surface area (Å²) in [6.07, 6.45) is 0. The Labute approximate surface area is 436 Å². The molecule has 8 N–H and O–H groups in total. The van der Waals surface area contributed by atoms with Gasteiger partial charge in [-0.25, -0.2) is 77.1 Å². The maximum absolute atomic E-state index is 13.7. The van der Waals surface area contributed by atoms with Crippen molar-refractivity contribution in [3.63, 3.8) is 0 Å². The van der Waals surface area contributed by atoms with Gasteiger partial charge in [-0.15, -0.1) is 0 Å². The number of hydrazine groups is 8. The summed E-state index contributed by atoms with van der Waals surface area (Å²) >= 11 is 0. The summed E-state index contributed by atoms with van der Waals surface area (Å²) in [5.74, 6) is 0.848. The minimum absolute atomic E-state index is 0.0176. The molecule has 74 heavy (non-hydrogen) atoms. The second kappa shape index (κ2) is 24.8. The minimum Gasteiger partial charge on any atom is -0.496 e. The lowest BCUT2D eigenvalue weighted by Gasteiger charge is -2.29. The first-order valence-corrected chi connectivity index (χ1v) is 30.7. The third-order valence-corrected chi connectivity index (χ3v) is 23.2. The van der Waals surface area contributed by atoms with Crippen molar-refractivity contribution in [2.24, 2.45) is 0 Å². The van der Waals surface area contributed by atoms with Crippen LogP contribution in [0.4, 0.5) is 0 Å². The number of rotatable bonds is 25. The summed E-state index contributed by atoms with van der Waals surface area (Å²) in [5.41, 5.74) is 22.1. The van der Waals surface area contributed by atoms with Crippen LogP contribution in [0.5, 0.6) is 11.5 Å². The Kier molecular flexibility index (Phi) is 19.6. The molecule has 0 aliphatic rings. The monoisotopic (exact) mass is 1130 g/mol. The van der Waals surface area contributed by atoms with Crippen LogP contribution in [0.3, 0.4) is 0 Å². The molecular weight excluding hydrogens is 1070 g/mol. The van der Waals surface area contributed by atoms with Crippen molar-refractivity contribution in [2.75, 3.05) is 70.6 Å². The normalized spacial score (nSPS) is 12.7. The second-order valence-corrected chi connectivity index (χ2v) is 26.7. The SMILES string of the molecule is CNN(NC)S(=O)(=O)c1ccc(P(c2ccc(S(=O)(=O)N(NC)NC)cc2)c2cccc(OC)c2-c2c(OC)cccc2P(c2ccc(S(=O)(=O)N(NC)NC)cc2)c2ccc(S(=O)(=O)N(NC)NC)cc2)cc1. The molecule has 0 radical (unpaired) electrons. The van der Waals surface area contributed by atoms with E-state index in [4.69, 9.17) is 9.47 Å². The van der Waals surface area contributed by atoms with Gasteiger partial charge in [-0.05, 0) is 108 Å². The fraction of sp³-hybridized carbons (Fsp3) is 0.217. The molecule has 0 saturated heterocycles. The molecule has 0 heterocycles. The van der Waals surface area contributed by atoms with E-state index in [1.165, 1.54) is 119 Å². The van der Waals surface area contributed by atoms with Crippen molar-refractivity contribution in [1.82, 2.24) is 61.5 Å². The molecule has 0 saturated carbocycles. The van der Waals surface area contributed by atoms with Crippen LogP contribution < -0.4 is 84.7 Å². The Morgan fingerprint density at radius 1 is 0.324 bits per heavy atom. The number of nitrogens with zero attached hydrogens (tertiary/aromatic N) is 4. The lowest BCUT2D eigenvalue weighted by Crippen LogP contribution is -2.48. The van der Waals surface area contributed by atoms with Gasteiger partial charge < -0.3 is 9.47 Å². The fourth-order valence-corrected chi connectivity index (χ4v) is 17.6. The highest BCUT2D eigenvalue weighted by Crippen LogP contribution is 2.47. The largest absolute Gasteiger partial charge is 0.496 e. The fourth-order valence-electron chi connectivity index (χ4n) is 8.01. The molecule has 28 heteroatoms. The van der Waals surface area contributed by atoms with E-state index in [1.807, 2.05) is 24.3 Å². The molecule has 0 unspecified atom stereocenters. The van der Waals surface area contributed by atoms with E-state index in [9.17, 15) is 33.7 Å². The van der Waals surface area contributed by atoms with Gasteiger partial charge in [0.1, 0.15) is 11.5 Å². The predicted molar refractivity (Wildman–Crippen MR) is 291 cm³/mol. The first-order chi connectivity index (χ1) is 35.3. The topological polar surface area (TPSA) is 264 Å². The van der Waals surface area contributed by atoms with Crippen molar-refractivity contribution in [3.05, 3.63) is 133 Å². The van der Waals surface area contributed by atoms with Crippen LogP contribution in [0.15, 0.2) is 153 Å². The highest BCUT2D eigenvalue weighted by Gasteiger charge is 2.33. The lowest BCUT2D eigenvalue weighted by molar-refractivity contribution is 0.279. The van der Waals surface area contributed by atoms with Crippen LogP contribution in [-0.4, -0.2) is 122 Å². The summed E-state index contributed by atoms with van der Waals surface area (Å²) in [5, 5.41) is 4.12. The van der Waals surface area contributed by atoms with Crippen molar-refractivity contribution in [3.8, 4) is 22.6 Å².